The smallest absolute Gasteiger partial charge is 0.264 e. The summed E-state index contributed by atoms with van der Waals surface area (Å²) in [4.78, 5) is 16.9. The van der Waals surface area contributed by atoms with Gasteiger partial charge in [0.05, 0.1) is 33.9 Å². The largest absolute Gasteiger partial charge is 0.474 e. The van der Waals surface area contributed by atoms with Gasteiger partial charge in [0, 0.05) is 0 Å². The Hall–Kier alpha value is -3.17. The third-order valence-corrected chi connectivity index (χ3v) is 7.10. The maximum Gasteiger partial charge on any atom is 0.264 e. The number of aromatic nitrogens is 1. The molecule has 10 heteroatoms. The minimum atomic E-state index is -3.90. The van der Waals surface area contributed by atoms with E-state index in [0.717, 1.165) is 11.6 Å². The zero-order valence-electron chi connectivity index (χ0n) is 17.0. The minimum Gasteiger partial charge on any atom is -0.474 e. The molecule has 3 aromatic rings. The van der Waals surface area contributed by atoms with Crippen LogP contribution in [-0.4, -0.2) is 32.5 Å². The molecule has 0 unspecified atom stereocenters. The first-order valence-electron chi connectivity index (χ1n) is 9.81. The Kier molecular flexibility index (Phi) is 6.03. The summed E-state index contributed by atoms with van der Waals surface area (Å²) in [5.41, 5.74) is 0.918. The average molecular weight is 476 g/mol. The van der Waals surface area contributed by atoms with Crippen LogP contribution in [0.5, 0.6) is 5.88 Å². The van der Waals surface area contributed by atoms with Gasteiger partial charge in [-0.1, -0.05) is 36.7 Å². The predicted octanol–water partition coefficient (Wildman–Crippen LogP) is 4.28. The molecule has 0 atom stereocenters. The zero-order chi connectivity index (χ0) is 22.9. The van der Waals surface area contributed by atoms with Gasteiger partial charge in [0.1, 0.15) is 18.1 Å². The van der Waals surface area contributed by atoms with Crippen LogP contribution in [0.4, 0.5) is 15.8 Å². The molecular formula is C22H19ClFN3O4S. The summed E-state index contributed by atoms with van der Waals surface area (Å²) in [6.07, 6.45) is 2.00. The molecule has 0 bridgehead atoms. The maximum atomic E-state index is 14.1. The number of nitrogens with one attached hydrogen (secondary N) is 1. The van der Waals surface area contributed by atoms with Gasteiger partial charge in [0.2, 0.25) is 5.88 Å². The molecule has 4 rings (SSSR count). The van der Waals surface area contributed by atoms with E-state index in [4.69, 9.17) is 16.3 Å². The topological polar surface area (TPSA) is 88.6 Å². The molecule has 0 saturated heterocycles. The molecule has 1 aliphatic rings. The fourth-order valence-electron chi connectivity index (χ4n) is 3.36. The predicted molar refractivity (Wildman–Crippen MR) is 119 cm³/mol. The fraction of sp³-hybridized carbons (Fsp3) is 0.182. The van der Waals surface area contributed by atoms with E-state index in [1.165, 1.54) is 34.8 Å². The molecule has 2 heterocycles. The van der Waals surface area contributed by atoms with Crippen LogP contribution in [-0.2, 0) is 16.4 Å². The Bertz CT molecular complexity index is 1280. The molecule has 32 heavy (non-hydrogen) atoms. The van der Waals surface area contributed by atoms with Crippen molar-refractivity contribution in [3.63, 3.8) is 0 Å². The molecule has 1 aliphatic heterocycles. The van der Waals surface area contributed by atoms with Gasteiger partial charge >= 0.3 is 0 Å². The van der Waals surface area contributed by atoms with E-state index in [9.17, 15) is 17.6 Å². The monoisotopic (exact) mass is 475 g/mol. The molecule has 0 fully saturated rings. The number of carbonyl (C=O) groups excluding carboxylic acids is 1. The molecule has 1 aromatic heterocycles. The molecule has 2 aromatic carbocycles. The second-order valence-corrected chi connectivity index (χ2v) is 9.30. The normalized spacial score (nSPS) is 13.3. The van der Waals surface area contributed by atoms with Crippen molar-refractivity contribution in [3.05, 3.63) is 76.7 Å². The molecular weight excluding hydrogens is 457 g/mol. The number of halogens is 2. The van der Waals surface area contributed by atoms with Crippen LogP contribution in [0.25, 0.3) is 0 Å². The molecule has 0 spiro atoms. The van der Waals surface area contributed by atoms with Crippen LogP contribution >= 0.6 is 11.6 Å². The summed E-state index contributed by atoms with van der Waals surface area (Å²) in [5.74, 6) is -1.44. The van der Waals surface area contributed by atoms with Crippen LogP contribution < -0.4 is 14.4 Å². The van der Waals surface area contributed by atoms with Gasteiger partial charge in [-0.3, -0.25) is 9.10 Å². The zero-order valence-corrected chi connectivity index (χ0v) is 18.6. The van der Waals surface area contributed by atoms with Gasteiger partial charge in [-0.05, 0) is 42.3 Å². The first-order chi connectivity index (χ1) is 15.3. The summed E-state index contributed by atoms with van der Waals surface area (Å²) < 4.78 is 47.5. The Morgan fingerprint density at radius 3 is 2.78 bits per heavy atom. The van der Waals surface area contributed by atoms with E-state index >= 15 is 0 Å². The number of ether oxygens (including phenoxy) is 1. The summed E-state index contributed by atoms with van der Waals surface area (Å²) in [6.45, 7) is 2.14. The summed E-state index contributed by atoms with van der Waals surface area (Å²) in [7, 11) is -3.90. The van der Waals surface area contributed by atoms with Crippen molar-refractivity contribution in [3.8, 4) is 5.88 Å². The molecule has 1 amide bonds. The first-order valence-corrected chi connectivity index (χ1v) is 11.6. The van der Waals surface area contributed by atoms with Gasteiger partial charge < -0.3 is 10.1 Å². The lowest BCUT2D eigenvalue weighted by Crippen LogP contribution is -2.38. The van der Waals surface area contributed by atoms with Gasteiger partial charge in [-0.2, -0.15) is 0 Å². The molecule has 0 saturated carbocycles. The van der Waals surface area contributed by atoms with Crippen LogP contribution in [0.15, 0.2) is 59.6 Å². The highest BCUT2D eigenvalue weighted by Crippen LogP contribution is 2.36. The summed E-state index contributed by atoms with van der Waals surface area (Å²) in [5, 5.41) is 2.47. The quantitative estimate of drug-likeness (QED) is 0.595. The highest BCUT2D eigenvalue weighted by atomic mass is 35.5. The van der Waals surface area contributed by atoms with Crippen LogP contribution in [0.2, 0.25) is 5.02 Å². The molecule has 7 nitrogen and oxygen atoms in total. The highest BCUT2D eigenvalue weighted by Gasteiger charge is 2.31. The lowest BCUT2D eigenvalue weighted by molar-refractivity contribution is 0.102. The van der Waals surface area contributed by atoms with Gasteiger partial charge in [-0.15, -0.1) is 0 Å². The Morgan fingerprint density at radius 2 is 2.03 bits per heavy atom. The van der Waals surface area contributed by atoms with Crippen molar-refractivity contribution in [1.29, 1.82) is 0 Å². The minimum absolute atomic E-state index is 0.0447. The number of hydrogen-bond donors (Lipinski definition) is 1. The standard InChI is InChI=1S/C22H19ClFN3O4S/c1-2-14-5-3-6-16(11-14)32(29,30)27-9-10-31-22-19(27)12-15(13-25-22)26-21(28)20-17(23)7-4-8-18(20)24/h3-8,11-13H,2,9-10H2,1H3,(H,26,28). The summed E-state index contributed by atoms with van der Waals surface area (Å²) in [6, 6.07) is 12.1. The van der Waals surface area contributed by atoms with Crippen LogP contribution in [0.1, 0.15) is 22.8 Å². The van der Waals surface area contributed by atoms with Crippen molar-refractivity contribution in [1.82, 2.24) is 4.98 Å². The lowest BCUT2D eigenvalue weighted by atomic mass is 10.2. The van der Waals surface area contributed by atoms with E-state index in [0.29, 0.717) is 6.42 Å². The molecule has 0 radical (unpaired) electrons. The van der Waals surface area contributed by atoms with Gasteiger partial charge in [-0.25, -0.2) is 17.8 Å². The van der Waals surface area contributed by atoms with Crippen molar-refractivity contribution in [2.75, 3.05) is 22.8 Å². The van der Waals surface area contributed by atoms with Crippen molar-refractivity contribution in [2.24, 2.45) is 0 Å². The second-order valence-electron chi connectivity index (χ2n) is 7.03. The fourth-order valence-corrected chi connectivity index (χ4v) is 5.11. The average Bonchev–Trinajstić information content (AvgIpc) is 2.78. The number of sulfonamides is 1. The maximum absolute atomic E-state index is 14.1. The number of hydrogen-bond acceptors (Lipinski definition) is 5. The number of rotatable bonds is 5. The molecule has 166 valence electrons. The number of aryl methyl sites for hydroxylation is 1. The van der Waals surface area contributed by atoms with Gasteiger partial charge in [0.15, 0.2) is 0 Å². The lowest BCUT2D eigenvalue weighted by Gasteiger charge is -2.30. The van der Waals surface area contributed by atoms with Crippen molar-refractivity contribution >= 4 is 38.9 Å². The number of nitrogens with zero attached hydrogens (tertiary/aromatic N) is 2. The Balaban J connectivity index is 1.69. The third-order valence-electron chi connectivity index (χ3n) is 4.98. The highest BCUT2D eigenvalue weighted by molar-refractivity contribution is 7.92. The first kappa shape index (κ1) is 22.0. The Morgan fingerprint density at radius 1 is 1.25 bits per heavy atom. The number of anilines is 2. The summed E-state index contributed by atoms with van der Waals surface area (Å²) >= 11 is 5.96. The number of amides is 1. The molecule has 0 aliphatic carbocycles. The number of fused-ring (bicyclic) bond motifs is 1. The number of carbonyl (C=O) groups is 1. The van der Waals surface area contributed by atoms with Crippen LogP contribution in [0, 0.1) is 5.82 Å². The van der Waals surface area contributed by atoms with E-state index < -0.39 is 21.7 Å². The molecule has 1 N–H and O–H groups in total. The number of pyridine rings is 1. The van der Waals surface area contributed by atoms with Gasteiger partial charge in [0.25, 0.3) is 15.9 Å². The van der Waals surface area contributed by atoms with E-state index in [1.54, 1.807) is 12.1 Å². The van der Waals surface area contributed by atoms with Crippen LogP contribution in [0.3, 0.4) is 0 Å². The SMILES string of the molecule is CCc1cccc(S(=O)(=O)N2CCOc3ncc(NC(=O)c4c(F)cccc4Cl)cc32)c1. The number of benzene rings is 2. The van der Waals surface area contributed by atoms with E-state index in [2.05, 4.69) is 10.3 Å². The third kappa shape index (κ3) is 4.13. The van der Waals surface area contributed by atoms with E-state index in [1.807, 2.05) is 13.0 Å². The van der Waals surface area contributed by atoms with Crippen molar-refractivity contribution in [2.45, 2.75) is 18.2 Å². The van der Waals surface area contributed by atoms with Crippen molar-refractivity contribution < 1.29 is 22.3 Å². The second kappa shape index (κ2) is 8.76. The Labute approximate surface area is 189 Å². The van der Waals surface area contributed by atoms with E-state index in [-0.39, 0.29) is 45.9 Å².